The summed E-state index contributed by atoms with van der Waals surface area (Å²) < 4.78 is 11.1. The molecule has 5 heteroatoms. The van der Waals surface area contributed by atoms with Crippen molar-refractivity contribution in [1.29, 1.82) is 0 Å². The lowest BCUT2D eigenvalue weighted by Crippen LogP contribution is -2.28. The highest BCUT2D eigenvalue weighted by atomic mass is 16.5. The third-order valence-corrected chi connectivity index (χ3v) is 4.15. The minimum Gasteiger partial charge on any atom is -0.493 e. The molecule has 0 saturated carbocycles. The molecule has 0 aliphatic rings. The minimum atomic E-state index is -0.105. The average Bonchev–Trinajstić information content (AvgIpc) is 2.69. The number of carbonyl (C=O) groups is 1. The standard InChI is InChI=1S/C22H30N2O3/c1-17(2)16-27-20-12-11-18(15-21(20)26-4)22(25)23-13-8-14-24(3)19-9-6-5-7-10-19/h5-7,9-12,15,17H,8,13-14,16H2,1-4H3,(H,23,25). The molecule has 2 aromatic rings. The molecule has 1 amide bonds. The van der Waals surface area contributed by atoms with Gasteiger partial charge in [0.15, 0.2) is 11.5 Å². The van der Waals surface area contributed by atoms with Crippen molar-refractivity contribution in [2.24, 2.45) is 5.92 Å². The van der Waals surface area contributed by atoms with Gasteiger partial charge in [-0.2, -0.15) is 0 Å². The van der Waals surface area contributed by atoms with E-state index in [1.165, 1.54) is 5.69 Å². The Morgan fingerprint density at radius 2 is 1.85 bits per heavy atom. The number of rotatable bonds is 10. The van der Waals surface area contributed by atoms with Gasteiger partial charge in [-0.05, 0) is 42.7 Å². The number of benzene rings is 2. The van der Waals surface area contributed by atoms with Gasteiger partial charge in [0.2, 0.25) is 0 Å². The van der Waals surface area contributed by atoms with Crippen molar-refractivity contribution in [3.63, 3.8) is 0 Å². The second-order valence-corrected chi connectivity index (χ2v) is 6.94. The molecule has 0 atom stereocenters. The molecule has 0 aliphatic heterocycles. The monoisotopic (exact) mass is 370 g/mol. The lowest BCUT2D eigenvalue weighted by Gasteiger charge is -2.19. The van der Waals surface area contributed by atoms with Gasteiger partial charge in [0.1, 0.15) is 0 Å². The number of ether oxygens (including phenoxy) is 2. The Morgan fingerprint density at radius 1 is 1.11 bits per heavy atom. The summed E-state index contributed by atoms with van der Waals surface area (Å²) in [4.78, 5) is 14.6. The van der Waals surface area contributed by atoms with E-state index in [1.807, 2.05) is 18.2 Å². The van der Waals surface area contributed by atoms with Crippen LogP contribution in [0.4, 0.5) is 5.69 Å². The largest absolute Gasteiger partial charge is 0.493 e. The van der Waals surface area contributed by atoms with Crippen LogP contribution in [0.2, 0.25) is 0 Å². The maximum Gasteiger partial charge on any atom is 0.251 e. The van der Waals surface area contributed by atoms with E-state index in [9.17, 15) is 4.79 Å². The molecule has 146 valence electrons. The Labute approximate surface area is 162 Å². The maximum absolute atomic E-state index is 12.4. The molecular weight excluding hydrogens is 340 g/mol. The summed E-state index contributed by atoms with van der Waals surface area (Å²) in [7, 11) is 3.64. The van der Waals surface area contributed by atoms with Gasteiger partial charge >= 0.3 is 0 Å². The van der Waals surface area contributed by atoms with Crippen LogP contribution in [-0.4, -0.2) is 39.8 Å². The summed E-state index contributed by atoms with van der Waals surface area (Å²) >= 11 is 0. The molecule has 0 heterocycles. The third kappa shape index (κ3) is 6.51. The highest BCUT2D eigenvalue weighted by Gasteiger charge is 2.11. The normalized spacial score (nSPS) is 10.6. The quantitative estimate of drug-likeness (QED) is 0.643. The molecule has 0 aliphatic carbocycles. The first kappa shape index (κ1) is 20.6. The maximum atomic E-state index is 12.4. The van der Waals surface area contributed by atoms with E-state index >= 15 is 0 Å². The summed E-state index contributed by atoms with van der Waals surface area (Å²) in [6.45, 7) is 6.27. The first-order valence-corrected chi connectivity index (χ1v) is 9.36. The first-order valence-electron chi connectivity index (χ1n) is 9.36. The molecular formula is C22H30N2O3. The molecule has 0 aromatic heterocycles. The predicted molar refractivity (Wildman–Crippen MR) is 110 cm³/mol. The fraction of sp³-hybridized carbons (Fsp3) is 0.409. The highest BCUT2D eigenvalue weighted by Crippen LogP contribution is 2.28. The molecule has 27 heavy (non-hydrogen) atoms. The first-order chi connectivity index (χ1) is 13.0. The second-order valence-electron chi connectivity index (χ2n) is 6.94. The van der Waals surface area contributed by atoms with Gasteiger partial charge < -0.3 is 19.7 Å². The zero-order valence-electron chi connectivity index (χ0n) is 16.7. The second kappa shape index (κ2) is 10.5. The van der Waals surface area contributed by atoms with Crippen molar-refractivity contribution >= 4 is 11.6 Å². The van der Waals surface area contributed by atoms with Gasteiger partial charge in [0.25, 0.3) is 5.91 Å². The van der Waals surface area contributed by atoms with E-state index in [0.717, 1.165) is 13.0 Å². The van der Waals surface area contributed by atoms with Gasteiger partial charge in [-0.25, -0.2) is 0 Å². The number of carbonyl (C=O) groups excluding carboxylic acids is 1. The number of nitrogens with zero attached hydrogens (tertiary/aromatic N) is 1. The number of methoxy groups -OCH3 is 1. The molecule has 0 unspecified atom stereocenters. The Bertz CT molecular complexity index is 717. The summed E-state index contributed by atoms with van der Waals surface area (Å²) in [5.41, 5.74) is 1.74. The van der Waals surface area contributed by atoms with Gasteiger partial charge in [-0.15, -0.1) is 0 Å². The summed E-state index contributed by atoms with van der Waals surface area (Å²) in [6, 6.07) is 15.5. The fourth-order valence-corrected chi connectivity index (χ4v) is 2.62. The molecule has 0 radical (unpaired) electrons. The molecule has 0 fully saturated rings. The average molecular weight is 370 g/mol. The highest BCUT2D eigenvalue weighted by molar-refractivity contribution is 5.94. The zero-order chi connectivity index (χ0) is 19.6. The number of nitrogens with one attached hydrogen (secondary N) is 1. The Balaban J connectivity index is 1.83. The van der Waals surface area contributed by atoms with E-state index in [2.05, 4.69) is 43.2 Å². The van der Waals surface area contributed by atoms with Crippen molar-refractivity contribution in [2.75, 3.05) is 38.8 Å². The number of para-hydroxylation sites is 1. The van der Waals surface area contributed by atoms with Crippen LogP contribution < -0.4 is 19.7 Å². The van der Waals surface area contributed by atoms with E-state index in [1.54, 1.807) is 25.3 Å². The topological polar surface area (TPSA) is 50.8 Å². The Hall–Kier alpha value is -2.69. The van der Waals surface area contributed by atoms with Gasteiger partial charge in [0, 0.05) is 31.4 Å². The molecule has 2 aromatic carbocycles. The molecule has 0 saturated heterocycles. The van der Waals surface area contributed by atoms with Crippen molar-refractivity contribution in [3.05, 3.63) is 54.1 Å². The molecule has 0 bridgehead atoms. The molecule has 0 spiro atoms. The van der Waals surface area contributed by atoms with Crippen LogP contribution in [0.5, 0.6) is 11.5 Å². The van der Waals surface area contributed by atoms with Crippen LogP contribution in [0.25, 0.3) is 0 Å². The van der Waals surface area contributed by atoms with Crippen LogP contribution in [0.15, 0.2) is 48.5 Å². The van der Waals surface area contributed by atoms with Crippen molar-refractivity contribution in [2.45, 2.75) is 20.3 Å². The molecule has 2 rings (SSSR count). The van der Waals surface area contributed by atoms with Crippen molar-refractivity contribution in [1.82, 2.24) is 5.32 Å². The number of amides is 1. The Kier molecular flexibility index (Phi) is 7.99. The van der Waals surface area contributed by atoms with Crippen LogP contribution in [0, 0.1) is 5.92 Å². The van der Waals surface area contributed by atoms with E-state index in [-0.39, 0.29) is 5.91 Å². The van der Waals surface area contributed by atoms with Crippen LogP contribution in [0.3, 0.4) is 0 Å². The number of anilines is 1. The van der Waals surface area contributed by atoms with Gasteiger partial charge in [-0.1, -0.05) is 32.0 Å². The lowest BCUT2D eigenvalue weighted by molar-refractivity contribution is 0.0953. The van der Waals surface area contributed by atoms with Crippen LogP contribution in [-0.2, 0) is 0 Å². The molecule has 5 nitrogen and oxygen atoms in total. The minimum absolute atomic E-state index is 0.105. The Morgan fingerprint density at radius 3 is 2.52 bits per heavy atom. The van der Waals surface area contributed by atoms with Crippen molar-refractivity contribution in [3.8, 4) is 11.5 Å². The molecule has 1 N–H and O–H groups in total. The number of hydrogen-bond acceptors (Lipinski definition) is 4. The van der Waals surface area contributed by atoms with Crippen LogP contribution >= 0.6 is 0 Å². The van der Waals surface area contributed by atoms with E-state index < -0.39 is 0 Å². The summed E-state index contributed by atoms with van der Waals surface area (Å²) in [6.07, 6.45) is 0.865. The fourth-order valence-electron chi connectivity index (χ4n) is 2.62. The zero-order valence-corrected chi connectivity index (χ0v) is 16.7. The lowest BCUT2D eigenvalue weighted by atomic mass is 10.2. The van der Waals surface area contributed by atoms with Crippen LogP contribution in [0.1, 0.15) is 30.6 Å². The predicted octanol–water partition coefficient (Wildman–Crippen LogP) is 3.99. The SMILES string of the molecule is COc1cc(C(=O)NCCCN(C)c2ccccc2)ccc1OCC(C)C. The third-order valence-electron chi connectivity index (χ3n) is 4.15. The van der Waals surface area contributed by atoms with Crippen molar-refractivity contribution < 1.29 is 14.3 Å². The van der Waals surface area contributed by atoms with E-state index in [0.29, 0.717) is 36.1 Å². The summed E-state index contributed by atoms with van der Waals surface area (Å²) in [5, 5.41) is 2.96. The van der Waals surface area contributed by atoms with Gasteiger partial charge in [0.05, 0.1) is 13.7 Å². The number of hydrogen-bond donors (Lipinski definition) is 1. The van der Waals surface area contributed by atoms with Gasteiger partial charge in [-0.3, -0.25) is 4.79 Å². The summed E-state index contributed by atoms with van der Waals surface area (Å²) in [5.74, 6) is 1.55. The van der Waals surface area contributed by atoms with E-state index in [4.69, 9.17) is 9.47 Å². The smallest absolute Gasteiger partial charge is 0.251 e.